The Morgan fingerprint density at radius 2 is 2.29 bits per heavy atom. The van der Waals surface area contributed by atoms with Crippen LogP contribution in [0.15, 0.2) is 23.6 Å². The summed E-state index contributed by atoms with van der Waals surface area (Å²) < 4.78 is 18.5. The van der Waals surface area contributed by atoms with E-state index in [1.165, 1.54) is 23.5 Å². The van der Waals surface area contributed by atoms with Crippen LogP contribution in [0.2, 0.25) is 0 Å². The van der Waals surface area contributed by atoms with E-state index in [0.29, 0.717) is 12.0 Å². The molecular formula is C12H10FNO2S. The molecule has 0 aliphatic heterocycles. The second-order valence-electron chi connectivity index (χ2n) is 3.48. The highest BCUT2D eigenvalue weighted by molar-refractivity contribution is 7.09. The van der Waals surface area contributed by atoms with Crippen LogP contribution in [-0.4, -0.2) is 11.3 Å². The molecule has 0 aliphatic rings. The lowest BCUT2D eigenvalue weighted by Gasteiger charge is -2.04. The van der Waals surface area contributed by atoms with E-state index in [2.05, 4.69) is 4.98 Å². The van der Waals surface area contributed by atoms with Gasteiger partial charge in [0.2, 0.25) is 0 Å². The van der Waals surface area contributed by atoms with Gasteiger partial charge in [-0.15, -0.1) is 11.3 Å². The van der Waals surface area contributed by atoms with Gasteiger partial charge in [-0.2, -0.15) is 0 Å². The minimum atomic E-state index is -0.487. The Balaban J connectivity index is 2.08. The summed E-state index contributed by atoms with van der Waals surface area (Å²) in [6.07, 6.45) is 0.586. The van der Waals surface area contributed by atoms with E-state index in [1.54, 1.807) is 0 Å². The minimum Gasteiger partial charge on any atom is -0.487 e. The van der Waals surface area contributed by atoms with Gasteiger partial charge in [0.25, 0.3) is 0 Å². The number of thiazole rings is 1. The van der Waals surface area contributed by atoms with Gasteiger partial charge in [0.1, 0.15) is 24.5 Å². The van der Waals surface area contributed by atoms with Crippen molar-refractivity contribution in [2.24, 2.45) is 0 Å². The van der Waals surface area contributed by atoms with Crippen LogP contribution in [0.1, 0.15) is 21.1 Å². The van der Waals surface area contributed by atoms with Gasteiger partial charge in [-0.1, -0.05) is 0 Å². The fourth-order valence-electron chi connectivity index (χ4n) is 1.37. The van der Waals surface area contributed by atoms with Crippen molar-refractivity contribution in [3.8, 4) is 5.75 Å². The Morgan fingerprint density at radius 3 is 2.94 bits per heavy atom. The number of hydrogen-bond acceptors (Lipinski definition) is 4. The van der Waals surface area contributed by atoms with Crippen LogP contribution in [0.3, 0.4) is 0 Å². The maximum atomic E-state index is 13.1. The monoisotopic (exact) mass is 251 g/mol. The van der Waals surface area contributed by atoms with Gasteiger partial charge < -0.3 is 4.74 Å². The van der Waals surface area contributed by atoms with E-state index >= 15 is 0 Å². The highest BCUT2D eigenvalue weighted by Gasteiger charge is 2.03. The smallest absolute Gasteiger partial charge is 0.150 e. The number of halogens is 1. The van der Waals surface area contributed by atoms with Crippen LogP contribution in [0.4, 0.5) is 4.39 Å². The van der Waals surface area contributed by atoms with Gasteiger partial charge in [-0.25, -0.2) is 9.37 Å². The zero-order valence-electron chi connectivity index (χ0n) is 9.14. The van der Waals surface area contributed by atoms with E-state index in [4.69, 9.17) is 4.74 Å². The number of carbonyl (C=O) groups is 1. The molecule has 0 amide bonds. The topological polar surface area (TPSA) is 39.2 Å². The lowest BCUT2D eigenvalue weighted by Crippen LogP contribution is -1.97. The van der Waals surface area contributed by atoms with Crippen molar-refractivity contribution in [2.45, 2.75) is 13.5 Å². The molecule has 0 radical (unpaired) electrons. The maximum absolute atomic E-state index is 13.1. The van der Waals surface area contributed by atoms with Crippen LogP contribution >= 0.6 is 11.3 Å². The molecule has 1 aromatic carbocycles. The summed E-state index contributed by atoms with van der Waals surface area (Å²) in [6.45, 7) is 2.17. The van der Waals surface area contributed by atoms with Crippen LogP contribution in [0.25, 0.3) is 0 Å². The fraction of sp³-hybridized carbons (Fsp3) is 0.167. The molecule has 1 heterocycles. The van der Waals surface area contributed by atoms with Crippen molar-refractivity contribution in [3.63, 3.8) is 0 Å². The van der Waals surface area contributed by atoms with Crippen LogP contribution in [-0.2, 0) is 6.61 Å². The van der Waals surface area contributed by atoms with E-state index in [1.807, 2.05) is 12.3 Å². The summed E-state index contributed by atoms with van der Waals surface area (Å²) in [7, 11) is 0. The minimum absolute atomic E-state index is 0.259. The molecule has 2 rings (SSSR count). The molecule has 0 saturated heterocycles. The fourth-order valence-corrected chi connectivity index (χ4v) is 1.96. The Hall–Kier alpha value is -1.75. The molecule has 1 aromatic heterocycles. The first-order valence-corrected chi connectivity index (χ1v) is 5.85. The van der Waals surface area contributed by atoms with Gasteiger partial charge >= 0.3 is 0 Å². The van der Waals surface area contributed by atoms with E-state index in [9.17, 15) is 9.18 Å². The number of ether oxygens (including phenoxy) is 1. The molecule has 0 saturated carbocycles. The highest BCUT2D eigenvalue weighted by atomic mass is 32.1. The number of rotatable bonds is 4. The molecular weight excluding hydrogens is 241 g/mol. The Morgan fingerprint density at radius 1 is 1.47 bits per heavy atom. The number of nitrogens with zero attached hydrogens (tertiary/aromatic N) is 1. The molecule has 2 aromatic rings. The van der Waals surface area contributed by atoms with Crippen LogP contribution in [0, 0.1) is 12.7 Å². The molecule has 0 spiro atoms. The first kappa shape index (κ1) is 11.7. The van der Waals surface area contributed by atoms with Gasteiger partial charge in [-0.3, -0.25) is 4.79 Å². The SMILES string of the molecule is Cc1nc(COc2cc(F)cc(C=O)c2)cs1. The van der Waals surface area contributed by atoms with Gasteiger partial charge in [-0.05, 0) is 19.1 Å². The summed E-state index contributed by atoms with van der Waals surface area (Å²) in [5, 5.41) is 2.84. The third kappa shape index (κ3) is 3.10. The van der Waals surface area contributed by atoms with Gasteiger partial charge in [0.05, 0.1) is 10.7 Å². The number of aldehydes is 1. The second kappa shape index (κ2) is 5.05. The Bertz CT molecular complexity index is 539. The summed E-state index contributed by atoms with van der Waals surface area (Å²) in [6, 6.07) is 3.90. The lowest BCUT2D eigenvalue weighted by molar-refractivity contribution is 0.112. The van der Waals surface area contributed by atoms with Crippen molar-refractivity contribution in [3.05, 3.63) is 45.7 Å². The van der Waals surface area contributed by atoms with Crippen molar-refractivity contribution in [2.75, 3.05) is 0 Å². The molecule has 0 N–H and O–H groups in total. The molecule has 88 valence electrons. The Labute approximate surface area is 102 Å². The normalized spacial score (nSPS) is 10.2. The average molecular weight is 251 g/mol. The number of carbonyl (C=O) groups excluding carboxylic acids is 1. The molecule has 0 aliphatic carbocycles. The number of hydrogen-bond donors (Lipinski definition) is 0. The number of aryl methyl sites for hydroxylation is 1. The van der Waals surface area contributed by atoms with Gasteiger partial charge in [0, 0.05) is 17.0 Å². The Kier molecular flexibility index (Phi) is 3.49. The van der Waals surface area contributed by atoms with Gasteiger partial charge in [0.15, 0.2) is 0 Å². The third-order valence-corrected chi connectivity index (χ3v) is 2.91. The zero-order chi connectivity index (χ0) is 12.3. The summed E-state index contributed by atoms with van der Waals surface area (Å²) >= 11 is 1.53. The molecule has 0 atom stereocenters. The second-order valence-corrected chi connectivity index (χ2v) is 4.55. The number of benzene rings is 1. The first-order chi connectivity index (χ1) is 8.17. The quantitative estimate of drug-likeness (QED) is 0.784. The standard InChI is InChI=1S/C12H10FNO2S/c1-8-14-11(7-17-8)6-16-12-3-9(5-15)2-10(13)4-12/h2-5,7H,6H2,1H3. The molecule has 3 nitrogen and oxygen atoms in total. The highest BCUT2D eigenvalue weighted by Crippen LogP contribution is 2.17. The lowest BCUT2D eigenvalue weighted by atomic mass is 10.2. The summed E-state index contributed by atoms with van der Waals surface area (Å²) in [4.78, 5) is 14.8. The molecule has 17 heavy (non-hydrogen) atoms. The van der Waals surface area contributed by atoms with Crippen molar-refractivity contribution < 1.29 is 13.9 Å². The molecule has 0 bridgehead atoms. The van der Waals surface area contributed by atoms with Crippen molar-refractivity contribution in [1.82, 2.24) is 4.98 Å². The van der Waals surface area contributed by atoms with Crippen molar-refractivity contribution >= 4 is 17.6 Å². The summed E-state index contributed by atoms with van der Waals surface area (Å²) in [5.74, 6) is -0.156. The van der Waals surface area contributed by atoms with E-state index < -0.39 is 5.82 Å². The molecule has 0 unspecified atom stereocenters. The third-order valence-electron chi connectivity index (χ3n) is 2.08. The molecule has 5 heteroatoms. The molecule has 0 fully saturated rings. The summed E-state index contributed by atoms with van der Waals surface area (Å²) in [5.41, 5.74) is 1.05. The van der Waals surface area contributed by atoms with Crippen LogP contribution in [0.5, 0.6) is 5.75 Å². The van der Waals surface area contributed by atoms with Crippen molar-refractivity contribution in [1.29, 1.82) is 0 Å². The van der Waals surface area contributed by atoms with Crippen LogP contribution < -0.4 is 4.74 Å². The average Bonchev–Trinajstić information content (AvgIpc) is 2.72. The number of aromatic nitrogens is 1. The predicted molar refractivity (Wildman–Crippen MR) is 63.0 cm³/mol. The first-order valence-electron chi connectivity index (χ1n) is 4.97. The zero-order valence-corrected chi connectivity index (χ0v) is 9.96. The predicted octanol–water partition coefficient (Wildman–Crippen LogP) is 2.98. The maximum Gasteiger partial charge on any atom is 0.150 e. The largest absolute Gasteiger partial charge is 0.487 e. The van der Waals surface area contributed by atoms with E-state index in [0.717, 1.165) is 16.8 Å². The van der Waals surface area contributed by atoms with E-state index in [-0.39, 0.29) is 12.2 Å².